The summed E-state index contributed by atoms with van der Waals surface area (Å²) in [6.45, 7) is 0. The van der Waals surface area contributed by atoms with Crippen molar-refractivity contribution >= 4 is 15.5 Å². The van der Waals surface area contributed by atoms with E-state index in [-0.39, 0.29) is 29.2 Å². The zero-order chi connectivity index (χ0) is 11.3. The molecule has 2 aliphatic rings. The lowest BCUT2D eigenvalue weighted by molar-refractivity contribution is 0.473. The van der Waals surface area contributed by atoms with Crippen LogP contribution in [0.1, 0.15) is 17.9 Å². The summed E-state index contributed by atoms with van der Waals surface area (Å²) in [6.07, 6.45) is 0.655. The molecular formula is C11H13NO3S. The molecular weight excluding hydrogens is 226 g/mol. The molecule has 2 atom stereocenters. The largest absolute Gasteiger partial charge is 0.508 e. The summed E-state index contributed by atoms with van der Waals surface area (Å²) in [4.78, 5) is 0. The maximum Gasteiger partial charge on any atom is 0.151 e. The van der Waals surface area contributed by atoms with Gasteiger partial charge in [0.15, 0.2) is 9.84 Å². The van der Waals surface area contributed by atoms with Crippen molar-refractivity contribution in [3.63, 3.8) is 0 Å². The number of phenols is 1. The fraction of sp³-hybridized carbons (Fsp3) is 0.455. The molecule has 0 radical (unpaired) electrons. The molecule has 0 aromatic heterocycles. The van der Waals surface area contributed by atoms with E-state index in [1.165, 1.54) is 0 Å². The Bertz CT molecular complexity index is 538. The minimum Gasteiger partial charge on any atom is -0.508 e. The lowest BCUT2D eigenvalue weighted by atomic mass is 9.95. The van der Waals surface area contributed by atoms with Crippen LogP contribution >= 0.6 is 0 Å². The molecule has 2 N–H and O–H groups in total. The van der Waals surface area contributed by atoms with Gasteiger partial charge in [-0.2, -0.15) is 0 Å². The number of benzene rings is 1. The van der Waals surface area contributed by atoms with Crippen LogP contribution in [0.3, 0.4) is 0 Å². The molecule has 16 heavy (non-hydrogen) atoms. The molecule has 1 aromatic rings. The fourth-order valence-corrected chi connectivity index (χ4v) is 4.39. The number of anilines is 1. The van der Waals surface area contributed by atoms with Crippen molar-refractivity contribution in [2.75, 3.05) is 16.8 Å². The second-order valence-corrected chi connectivity index (χ2v) is 6.76. The molecule has 2 heterocycles. The minimum atomic E-state index is -2.91. The van der Waals surface area contributed by atoms with Crippen LogP contribution in [0.4, 0.5) is 5.69 Å². The Kier molecular flexibility index (Phi) is 1.95. The Morgan fingerprint density at radius 3 is 3.00 bits per heavy atom. The van der Waals surface area contributed by atoms with Gasteiger partial charge < -0.3 is 10.4 Å². The third-order valence-electron chi connectivity index (χ3n) is 3.43. The summed E-state index contributed by atoms with van der Waals surface area (Å²) >= 11 is 0. The number of rotatable bonds is 0. The molecule has 2 aliphatic heterocycles. The van der Waals surface area contributed by atoms with Crippen molar-refractivity contribution in [3.05, 3.63) is 23.8 Å². The van der Waals surface area contributed by atoms with Crippen molar-refractivity contribution in [1.29, 1.82) is 0 Å². The van der Waals surface area contributed by atoms with Gasteiger partial charge >= 0.3 is 0 Å². The van der Waals surface area contributed by atoms with Gasteiger partial charge in [0.2, 0.25) is 0 Å². The molecule has 3 rings (SSSR count). The van der Waals surface area contributed by atoms with Gasteiger partial charge in [0.25, 0.3) is 0 Å². The lowest BCUT2D eigenvalue weighted by Gasteiger charge is -2.25. The summed E-state index contributed by atoms with van der Waals surface area (Å²) in [5.41, 5.74) is 1.90. The smallest absolute Gasteiger partial charge is 0.151 e. The Morgan fingerprint density at radius 1 is 1.38 bits per heavy atom. The molecule has 1 fully saturated rings. The van der Waals surface area contributed by atoms with Crippen LogP contribution in [0.25, 0.3) is 0 Å². The molecule has 2 unspecified atom stereocenters. The van der Waals surface area contributed by atoms with Gasteiger partial charge in [-0.1, -0.05) is 0 Å². The first kappa shape index (κ1) is 9.96. The van der Waals surface area contributed by atoms with E-state index in [0.717, 1.165) is 11.3 Å². The Hall–Kier alpha value is -1.23. The maximum absolute atomic E-state index is 11.6. The topological polar surface area (TPSA) is 66.4 Å². The summed E-state index contributed by atoms with van der Waals surface area (Å²) in [6, 6.07) is 5.32. The predicted molar refractivity (Wildman–Crippen MR) is 61.5 cm³/mol. The van der Waals surface area contributed by atoms with Crippen LogP contribution in [0.15, 0.2) is 18.2 Å². The normalized spacial score (nSPS) is 30.2. The number of phenolic OH excluding ortho intramolecular Hbond substituents is 1. The van der Waals surface area contributed by atoms with Gasteiger partial charge in [-0.05, 0) is 30.2 Å². The Morgan fingerprint density at radius 2 is 2.19 bits per heavy atom. The SMILES string of the molecule is O=S1(=O)CCC2Nc3ccc(O)cc3C2C1. The molecule has 1 saturated heterocycles. The standard InChI is InChI=1S/C11H13NO3S/c13-7-1-2-10-8(5-7)9-6-16(14,15)4-3-11(9)12-10/h1-2,5,9,11-13H,3-4,6H2. The maximum atomic E-state index is 11.6. The van der Waals surface area contributed by atoms with Gasteiger partial charge in [0.1, 0.15) is 5.75 Å². The van der Waals surface area contributed by atoms with Crippen LogP contribution in [-0.4, -0.2) is 31.1 Å². The van der Waals surface area contributed by atoms with E-state index in [9.17, 15) is 13.5 Å². The van der Waals surface area contributed by atoms with Crippen molar-refractivity contribution in [2.24, 2.45) is 0 Å². The van der Waals surface area contributed by atoms with Crippen molar-refractivity contribution in [3.8, 4) is 5.75 Å². The number of hydrogen-bond donors (Lipinski definition) is 2. The van der Waals surface area contributed by atoms with Crippen LogP contribution < -0.4 is 5.32 Å². The lowest BCUT2D eigenvalue weighted by Crippen LogP contribution is -2.35. The molecule has 0 spiro atoms. The summed E-state index contributed by atoms with van der Waals surface area (Å²) in [7, 11) is -2.91. The highest BCUT2D eigenvalue weighted by Gasteiger charge is 2.39. The van der Waals surface area contributed by atoms with E-state index in [4.69, 9.17) is 0 Å². The fourth-order valence-electron chi connectivity index (χ4n) is 2.65. The molecule has 0 bridgehead atoms. The zero-order valence-corrected chi connectivity index (χ0v) is 9.50. The molecule has 1 aromatic carbocycles. The first-order chi connectivity index (χ1) is 7.55. The number of aromatic hydroxyl groups is 1. The van der Waals surface area contributed by atoms with Gasteiger partial charge in [0.05, 0.1) is 11.5 Å². The second-order valence-electron chi connectivity index (χ2n) is 4.53. The third kappa shape index (κ3) is 1.46. The van der Waals surface area contributed by atoms with Crippen LogP contribution in [-0.2, 0) is 9.84 Å². The molecule has 5 heteroatoms. The Balaban J connectivity index is 2.05. The Labute approximate surface area is 94.2 Å². The molecule has 0 saturated carbocycles. The minimum absolute atomic E-state index is 0.000787. The van der Waals surface area contributed by atoms with Gasteiger partial charge in [-0.3, -0.25) is 0 Å². The van der Waals surface area contributed by atoms with Crippen LogP contribution in [0.5, 0.6) is 5.75 Å². The summed E-state index contributed by atoms with van der Waals surface area (Å²) in [5, 5.41) is 12.8. The highest BCUT2D eigenvalue weighted by molar-refractivity contribution is 7.91. The van der Waals surface area contributed by atoms with E-state index in [2.05, 4.69) is 5.32 Å². The number of nitrogens with one attached hydrogen (secondary N) is 1. The molecule has 4 nitrogen and oxygen atoms in total. The number of hydrogen-bond acceptors (Lipinski definition) is 4. The van der Waals surface area contributed by atoms with Gasteiger partial charge in [0, 0.05) is 17.6 Å². The highest BCUT2D eigenvalue weighted by Crippen LogP contribution is 2.42. The van der Waals surface area contributed by atoms with E-state index in [0.29, 0.717) is 6.42 Å². The van der Waals surface area contributed by atoms with Crippen molar-refractivity contribution < 1.29 is 13.5 Å². The number of fused-ring (bicyclic) bond motifs is 3. The molecule has 0 aliphatic carbocycles. The molecule has 86 valence electrons. The van der Waals surface area contributed by atoms with E-state index in [1.807, 2.05) is 6.07 Å². The monoisotopic (exact) mass is 239 g/mol. The first-order valence-electron chi connectivity index (χ1n) is 5.35. The third-order valence-corrected chi connectivity index (χ3v) is 5.16. The van der Waals surface area contributed by atoms with E-state index in [1.54, 1.807) is 12.1 Å². The average molecular weight is 239 g/mol. The van der Waals surface area contributed by atoms with Crippen molar-refractivity contribution in [2.45, 2.75) is 18.4 Å². The quantitative estimate of drug-likeness (QED) is 0.665. The van der Waals surface area contributed by atoms with Crippen molar-refractivity contribution in [1.82, 2.24) is 0 Å². The average Bonchev–Trinajstić information content (AvgIpc) is 2.55. The van der Waals surface area contributed by atoms with E-state index >= 15 is 0 Å². The van der Waals surface area contributed by atoms with Gasteiger partial charge in [-0.25, -0.2) is 8.42 Å². The second kappa shape index (κ2) is 3.13. The van der Waals surface area contributed by atoms with Crippen LogP contribution in [0.2, 0.25) is 0 Å². The number of sulfone groups is 1. The van der Waals surface area contributed by atoms with Gasteiger partial charge in [-0.15, -0.1) is 0 Å². The predicted octanol–water partition coefficient (Wildman–Crippen LogP) is 1.09. The summed E-state index contributed by atoms with van der Waals surface area (Å²) in [5.74, 6) is 0.660. The highest BCUT2D eigenvalue weighted by atomic mass is 32.2. The first-order valence-corrected chi connectivity index (χ1v) is 7.17. The van der Waals surface area contributed by atoms with E-state index < -0.39 is 9.84 Å². The molecule has 0 amide bonds. The summed E-state index contributed by atoms with van der Waals surface area (Å²) < 4.78 is 23.2. The van der Waals surface area contributed by atoms with Crippen LogP contribution in [0, 0.1) is 0 Å². The zero-order valence-electron chi connectivity index (χ0n) is 8.68.